The zero-order valence-electron chi connectivity index (χ0n) is 19.8. The van der Waals surface area contributed by atoms with Crippen LogP contribution in [0.15, 0.2) is 59.0 Å². The molecule has 35 heavy (non-hydrogen) atoms. The summed E-state index contributed by atoms with van der Waals surface area (Å²) in [7, 11) is 0. The molecule has 2 aromatic carbocycles. The Hall–Kier alpha value is -3.39. The molecular formula is C27H33N3O5. The first-order chi connectivity index (χ1) is 16.9. The summed E-state index contributed by atoms with van der Waals surface area (Å²) in [6.45, 7) is -0.0288. The van der Waals surface area contributed by atoms with E-state index in [4.69, 9.17) is 9.52 Å². The van der Waals surface area contributed by atoms with E-state index >= 15 is 0 Å². The van der Waals surface area contributed by atoms with E-state index in [9.17, 15) is 14.7 Å². The molecule has 8 nitrogen and oxygen atoms in total. The second-order valence-electron chi connectivity index (χ2n) is 9.41. The standard InChI is InChI=1S/C27H33N3O5/c31-24(21(17-28-26(32)33)20-11-5-2-6-12-20)29-18-27(34,16-15-19-9-3-1-4-10-19)25-30-22-13-7-8-14-23(22)35-25/h1,3-4,7-10,13-14,20-21,28,34H,2,5-6,11-12,15-18H2,(H,29,31)(H,32,33). The van der Waals surface area contributed by atoms with Gasteiger partial charge < -0.3 is 25.3 Å². The molecular weight excluding hydrogens is 446 g/mol. The highest BCUT2D eigenvalue weighted by Gasteiger charge is 2.37. The number of carbonyl (C=O) groups is 2. The van der Waals surface area contributed by atoms with Crippen LogP contribution in [-0.2, 0) is 16.8 Å². The summed E-state index contributed by atoms with van der Waals surface area (Å²) in [5.41, 5.74) is 0.733. The fourth-order valence-electron chi connectivity index (χ4n) is 4.91. The van der Waals surface area contributed by atoms with Gasteiger partial charge in [-0.15, -0.1) is 0 Å². The maximum Gasteiger partial charge on any atom is 0.404 e. The van der Waals surface area contributed by atoms with Crippen LogP contribution >= 0.6 is 0 Å². The summed E-state index contributed by atoms with van der Waals surface area (Å²) >= 11 is 0. The number of aryl methyl sites for hydroxylation is 1. The number of hydrogen-bond donors (Lipinski definition) is 4. The Morgan fingerprint density at radius 2 is 1.74 bits per heavy atom. The van der Waals surface area contributed by atoms with Crippen LogP contribution in [0.2, 0.25) is 0 Å². The van der Waals surface area contributed by atoms with Gasteiger partial charge in [0.15, 0.2) is 11.2 Å². The smallest absolute Gasteiger partial charge is 0.404 e. The Morgan fingerprint density at radius 3 is 2.46 bits per heavy atom. The molecule has 1 aliphatic carbocycles. The van der Waals surface area contributed by atoms with Crippen LogP contribution < -0.4 is 10.6 Å². The van der Waals surface area contributed by atoms with Crippen molar-refractivity contribution in [3.8, 4) is 0 Å². The van der Waals surface area contributed by atoms with Crippen LogP contribution in [0.3, 0.4) is 0 Å². The number of carboxylic acid groups (broad SMARTS) is 1. The van der Waals surface area contributed by atoms with Gasteiger partial charge in [0, 0.05) is 6.54 Å². The van der Waals surface area contributed by atoms with Gasteiger partial charge in [-0.05, 0) is 49.3 Å². The highest BCUT2D eigenvalue weighted by atomic mass is 16.4. The van der Waals surface area contributed by atoms with Gasteiger partial charge in [0.1, 0.15) is 5.52 Å². The molecule has 2 amide bonds. The van der Waals surface area contributed by atoms with Gasteiger partial charge in [-0.2, -0.15) is 0 Å². The molecule has 2 atom stereocenters. The van der Waals surface area contributed by atoms with Crippen LogP contribution in [0.4, 0.5) is 4.79 Å². The minimum absolute atomic E-state index is 0.0527. The van der Waals surface area contributed by atoms with Crippen molar-refractivity contribution in [1.29, 1.82) is 0 Å². The third kappa shape index (κ3) is 6.39. The number of rotatable bonds is 10. The van der Waals surface area contributed by atoms with Crippen LogP contribution in [0.1, 0.15) is 50.0 Å². The second kappa shape index (κ2) is 11.4. The van der Waals surface area contributed by atoms with Crippen molar-refractivity contribution in [3.63, 3.8) is 0 Å². The molecule has 1 saturated carbocycles. The lowest BCUT2D eigenvalue weighted by Crippen LogP contribution is -2.47. The predicted octanol–water partition coefficient (Wildman–Crippen LogP) is 4.23. The van der Waals surface area contributed by atoms with Gasteiger partial charge in [-0.1, -0.05) is 61.7 Å². The number of para-hydroxylation sites is 2. The quantitative estimate of drug-likeness (QED) is 0.345. The molecule has 4 rings (SSSR count). The molecule has 0 saturated heterocycles. The number of benzene rings is 2. The summed E-state index contributed by atoms with van der Waals surface area (Å²) < 4.78 is 5.91. The molecule has 1 aromatic heterocycles. The first-order valence-electron chi connectivity index (χ1n) is 12.3. The number of nitrogens with one attached hydrogen (secondary N) is 2. The first kappa shape index (κ1) is 24.7. The number of aliphatic hydroxyl groups is 1. The van der Waals surface area contributed by atoms with Crippen molar-refractivity contribution < 1.29 is 24.2 Å². The van der Waals surface area contributed by atoms with E-state index in [1.807, 2.05) is 48.5 Å². The number of fused-ring (bicyclic) bond motifs is 1. The highest BCUT2D eigenvalue weighted by Crippen LogP contribution is 2.32. The van der Waals surface area contributed by atoms with Crippen LogP contribution in [0.25, 0.3) is 11.1 Å². The first-order valence-corrected chi connectivity index (χ1v) is 12.3. The van der Waals surface area contributed by atoms with E-state index in [0.29, 0.717) is 23.9 Å². The van der Waals surface area contributed by atoms with E-state index in [0.717, 1.165) is 37.7 Å². The van der Waals surface area contributed by atoms with E-state index in [1.54, 1.807) is 6.07 Å². The number of nitrogens with zero attached hydrogens (tertiary/aromatic N) is 1. The molecule has 0 spiro atoms. The third-order valence-electron chi connectivity index (χ3n) is 6.95. The number of oxazole rings is 1. The fourth-order valence-corrected chi connectivity index (χ4v) is 4.91. The lowest BCUT2D eigenvalue weighted by molar-refractivity contribution is -0.128. The van der Waals surface area contributed by atoms with Crippen molar-refractivity contribution in [1.82, 2.24) is 15.6 Å². The number of amides is 2. The average Bonchev–Trinajstić information content (AvgIpc) is 3.33. The van der Waals surface area contributed by atoms with Crippen molar-refractivity contribution in [2.45, 2.75) is 50.5 Å². The highest BCUT2D eigenvalue weighted by molar-refractivity contribution is 5.80. The summed E-state index contributed by atoms with van der Waals surface area (Å²) in [5.74, 6) is -0.488. The third-order valence-corrected chi connectivity index (χ3v) is 6.95. The van der Waals surface area contributed by atoms with E-state index in [-0.39, 0.29) is 30.8 Å². The normalized spacial score (nSPS) is 16.9. The summed E-state index contributed by atoms with van der Waals surface area (Å²) in [5, 5.41) is 26.1. The lowest BCUT2D eigenvalue weighted by atomic mass is 9.79. The minimum atomic E-state index is -1.53. The van der Waals surface area contributed by atoms with Crippen LogP contribution in [0, 0.1) is 11.8 Å². The topological polar surface area (TPSA) is 125 Å². The predicted molar refractivity (Wildman–Crippen MR) is 132 cm³/mol. The number of aromatic nitrogens is 1. The molecule has 1 fully saturated rings. The fraction of sp³-hybridized carbons (Fsp3) is 0.444. The Kier molecular flexibility index (Phi) is 8.02. The molecule has 8 heteroatoms. The average molecular weight is 480 g/mol. The van der Waals surface area contributed by atoms with Crippen molar-refractivity contribution >= 4 is 23.1 Å². The molecule has 3 aromatic rings. The summed E-state index contributed by atoms with van der Waals surface area (Å²) in [6, 6.07) is 17.1. The van der Waals surface area contributed by atoms with Gasteiger partial charge >= 0.3 is 6.09 Å². The van der Waals surface area contributed by atoms with Crippen molar-refractivity contribution in [2.24, 2.45) is 11.8 Å². The van der Waals surface area contributed by atoms with Crippen LogP contribution in [0.5, 0.6) is 0 Å². The molecule has 1 aliphatic rings. The number of carbonyl (C=O) groups excluding carboxylic acids is 1. The van der Waals surface area contributed by atoms with Crippen molar-refractivity contribution in [3.05, 3.63) is 66.1 Å². The molecule has 0 radical (unpaired) electrons. The van der Waals surface area contributed by atoms with Gasteiger partial charge in [-0.3, -0.25) is 4.79 Å². The van der Waals surface area contributed by atoms with E-state index in [2.05, 4.69) is 15.6 Å². The Balaban J connectivity index is 1.52. The van der Waals surface area contributed by atoms with Gasteiger partial charge in [-0.25, -0.2) is 9.78 Å². The Labute approximate surface area is 204 Å². The maximum atomic E-state index is 13.3. The van der Waals surface area contributed by atoms with E-state index < -0.39 is 17.6 Å². The molecule has 0 aliphatic heterocycles. The number of hydrogen-bond acceptors (Lipinski definition) is 5. The van der Waals surface area contributed by atoms with Gasteiger partial charge in [0.05, 0.1) is 12.5 Å². The SMILES string of the molecule is O=C(O)NCC(C(=O)NCC(O)(CCc1ccccc1)c1nc2ccccc2o1)C1CCCCC1. The molecule has 0 bridgehead atoms. The monoisotopic (exact) mass is 479 g/mol. The zero-order valence-corrected chi connectivity index (χ0v) is 19.8. The second-order valence-corrected chi connectivity index (χ2v) is 9.41. The lowest BCUT2D eigenvalue weighted by Gasteiger charge is -2.31. The summed E-state index contributed by atoms with van der Waals surface area (Å²) in [6.07, 6.45) is 4.70. The van der Waals surface area contributed by atoms with E-state index in [1.165, 1.54) is 0 Å². The maximum absolute atomic E-state index is 13.3. The summed E-state index contributed by atoms with van der Waals surface area (Å²) in [4.78, 5) is 28.9. The van der Waals surface area contributed by atoms with Gasteiger partial charge in [0.2, 0.25) is 11.8 Å². The van der Waals surface area contributed by atoms with Gasteiger partial charge in [0.25, 0.3) is 0 Å². The molecule has 4 N–H and O–H groups in total. The largest absolute Gasteiger partial charge is 0.465 e. The minimum Gasteiger partial charge on any atom is -0.465 e. The Morgan fingerprint density at radius 1 is 1.03 bits per heavy atom. The zero-order chi connectivity index (χ0) is 24.7. The van der Waals surface area contributed by atoms with Crippen LogP contribution in [-0.4, -0.2) is 40.3 Å². The molecule has 186 valence electrons. The van der Waals surface area contributed by atoms with Crippen molar-refractivity contribution in [2.75, 3.05) is 13.1 Å². The Bertz CT molecular complexity index is 1090. The molecule has 1 heterocycles. The molecule has 2 unspecified atom stereocenters.